The Labute approximate surface area is 114 Å². The molecule has 1 nitrogen and oxygen atoms in total. The first kappa shape index (κ1) is 19.3. The molecule has 1 heteroatoms. The molecular weight excluding hydrogens is 220 g/mol. The van der Waals surface area contributed by atoms with Crippen molar-refractivity contribution in [2.45, 2.75) is 48.5 Å². The minimum atomic E-state index is -0.135. The molecule has 1 rings (SSSR count). The van der Waals surface area contributed by atoms with Gasteiger partial charge in [0.15, 0.2) is 0 Å². The zero-order valence-corrected chi connectivity index (χ0v) is 13.1. The maximum atomic E-state index is 9.08. The minimum absolute atomic E-state index is 0.135. The minimum Gasteiger partial charge on any atom is -0.395 e. The fourth-order valence-corrected chi connectivity index (χ4v) is 1.15. The Hall–Kier alpha value is -1.08. The van der Waals surface area contributed by atoms with Gasteiger partial charge in [-0.2, -0.15) is 0 Å². The molecule has 18 heavy (non-hydrogen) atoms. The largest absolute Gasteiger partial charge is 0.395 e. The van der Waals surface area contributed by atoms with E-state index in [1.165, 1.54) is 11.1 Å². The van der Waals surface area contributed by atoms with Gasteiger partial charge in [0.2, 0.25) is 0 Å². The Morgan fingerprint density at radius 1 is 1.11 bits per heavy atom. The van der Waals surface area contributed by atoms with Crippen molar-refractivity contribution in [3.05, 3.63) is 41.5 Å². The first-order chi connectivity index (χ1) is 8.53. The predicted molar refractivity (Wildman–Crippen MR) is 83.8 cm³/mol. The molecule has 0 aromatic heterocycles. The van der Waals surface area contributed by atoms with Crippen molar-refractivity contribution >= 4 is 6.08 Å². The smallest absolute Gasteiger partial charge is 0.0516 e. The van der Waals surface area contributed by atoms with Gasteiger partial charge in [0.25, 0.3) is 0 Å². The molecule has 0 fully saturated rings. The summed E-state index contributed by atoms with van der Waals surface area (Å²) < 4.78 is 0. The highest BCUT2D eigenvalue weighted by atomic mass is 16.3. The van der Waals surface area contributed by atoms with Crippen LogP contribution in [-0.2, 0) is 0 Å². The Bertz CT molecular complexity index is 324. The molecule has 1 aromatic rings. The van der Waals surface area contributed by atoms with Gasteiger partial charge in [-0.25, -0.2) is 0 Å². The second kappa shape index (κ2) is 11.0. The van der Waals surface area contributed by atoms with E-state index in [1.54, 1.807) is 0 Å². The second-order valence-corrected chi connectivity index (χ2v) is 4.39. The van der Waals surface area contributed by atoms with Crippen molar-refractivity contribution in [2.75, 3.05) is 6.61 Å². The maximum absolute atomic E-state index is 9.08. The van der Waals surface area contributed by atoms with Crippen LogP contribution in [-0.4, -0.2) is 11.7 Å². The van der Waals surface area contributed by atoms with E-state index in [9.17, 15) is 0 Å². The molecular formula is C17H30O. The second-order valence-electron chi connectivity index (χ2n) is 4.39. The van der Waals surface area contributed by atoms with Crippen LogP contribution in [0.1, 0.15) is 52.7 Å². The van der Waals surface area contributed by atoms with Crippen LogP contribution >= 0.6 is 0 Å². The molecule has 0 radical (unpaired) electrons. The lowest BCUT2D eigenvalue weighted by Crippen LogP contribution is -2.12. The molecule has 0 aliphatic heterocycles. The summed E-state index contributed by atoms with van der Waals surface area (Å²) in [5.74, 6) is 0. The molecule has 0 saturated carbocycles. The van der Waals surface area contributed by atoms with E-state index in [-0.39, 0.29) is 12.0 Å². The van der Waals surface area contributed by atoms with Gasteiger partial charge in [-0.3, -0.25) is 0 Å². The van der Waals surface area contributed by atoms with Gasteiger partial charge >= 0.3 is 0 Å². The van der Waals surface area contributed by atoms with E-state index < -0.39 is 0 Å². The third-order valence-corrected chi connectivity index (χ3v) is 2.18. The Kier molecular flexibility index (Phi) is 11.8. The molecule has 0 spiro atoms. The lowest BCUT2D eigenvalue weighted by atomic mass is 9.93. The summed E-state index contributed by atoms with van der Waals surface area (Å²) in [5.41, 5.74) is 2.31. The molecule has 0 unspecified atom stereocenters. The van der Waals surface area contributed by atoms with Crippen molar-refractivity contribution in [2.24, 2.45) is 5.41 Å². The molecule has 0 heterocycles. The molecule has 0 aliphatic carbocycles. The lowest BCUT2D eigenvalue weighted by Gasteiger charge is -2.15. The zero-order chi connectivity index (χ0) is 14.6. The molecule has 0 saturated heterocycles. The van der Waals surface area contributed by atoms with Crippen molar-refractivity contribution < 1.29 is 5.11 Å². The van der Waals surface area contributed by atoms with E-state index in [0.717, 1.165) is 0 Å². The fourth-order valence-electron chi connectivity index (χ4n) is 1.15. The lowest BCUT2D eigenvalue weighted by molar-refractivity contribution is 0.200. The normalized spacial score (nSPS) is 10.2. The quantitative estimate of drug-likeness (QED) is 0.793. The number of aliphatic hydroxyl groups is 1. The average Bonchev–Trinajstić information content (AvgIpc) is 2.41. The molecule has 0 atom stereocenters. The summed E-state index contributed by atoms with van der Waals surface area (Å²) in [5, 5.41) is 9.08. The van der Waals surface area contributed by atoms with Crippen LogP contribution < -0.4 is 0 Å². The first-order valence-electron chi connectivity index (χ1n) is 6.90. The highest BCUT2D eigenvalue weighted by molar-refractivity contribution is 5.50. The number of benzene rings is 1. The molecule has 1 aromatic carbocycles. The van der Waals surface area contributed by atoms with Gasteiger partial charge in [-0.05, 0) is 12.5 Å². The summed E-state index contributed by atoms with van der Waals surface area (Å²) in [4.78, 5) is 0. The Morgan fingerprint density at radius 2 is 1.67 bits per heavy atom. The topological polar surface area (TPSA) is 20.2 Å². The Balaban J connectivity index is 0. The van der Waals surface area contributed by atoms with Crippen LogP contribution in [0.4, 0.5) is 0 Å². The van der Waals surface area contributed by atoms with Gasteiger partial charge in [0.1, 0.15) is 0 Å². The molecule has 0 aliphatic rings. The van der Waals surface area contributed by atoms with Crippen LogP contribution in [0.2, 0.25) is 0 Å². The predicted octanol–water partition coefficient (Wildman–Crippen LogP) is 5.08. The van der Waals surface area contributed by atoms with Crippen LogP contribution in [0, 0.1) is 12.3 Å². The van der Waals surface area contributed by atoms with E-state index in [4.69, 9.17) is 5.11 Å². The zero-order valence-electron chi connectivity index (χ0n) is 13.1. The van der Waals surface area contributed by atoms with Gasteiger partial charge in [0, 0.05) is 5.41 Å². The number of hydrogen-bond donors (Lipinski definition) is 1. The van der Waals surface area contributed by atoms with Crippen molar-refractivity contribution in [3.8, 4) is 0 Å². The van der Waals surface area contributed by atoms with Crippen molar-refractivity contribution in [1.82, 2.24) is 0 Å². The SMILES string of the molecule is CC.CC.Cc1cccc(/C=C/C(C)(C)CO)c1. The van der Waals surface area contributed by atoms with Crippen molar-refractivity contribution in [1.29, 1.82) is 0 Å². The monoisotopic (exact) mass is 250 g/mol. The third-order valence-electron chi connectivity index (χ3n) is 2.18. The van der Waals surface area contributed by atoms with E-state index in [2.05, 4.69) is 31.2 Å². The molecule has 1 N–H and O–H groups in total. The van der Waals surface area contributed by atoms with Gasteiger partial charge in [-0.1, -0.05) is 83.5 Å². The van der Waals surface area contributed by atoms with Gasteiger partial charge < -0.3 is 5.11 Å². The number of aryl methyl sites for hydroxylation is 1. The van der Waals surface area contributed by atoms with Gasteiger partial charge in [0.05, 0.1) is 6.61 Å². The summed E-state index contributed by atoms with van der Waals surface area (Å²) in [6, 6.07) is 8.32. The van der Waals surface area contributed by atoms with E-state index in [0.29, 0.717) is 0 Å². The Morgan fingerprint density at radius 3 is 2.11 bits per heavy atom. The first-order valence-corrected chi connectivity index (χ1v) is 6.90. The van der Waals surface area contributed by atoms with Crippen molar-refractivity contribution in [3.63, 3.8) is 0 Å². The van der Waals surface area contributed by atoms with E-state index in [1.807, 2.05) is 53.7 Å². The molecule has 0 amide bonds. The maximum Gasteiger partial charge on any atom is 0.0516 e. The summed E-state index contributed by atoms with van der Waals surface area (Å²) in [6.07, 6.45) is 4.10. The van der Waals surface area contributed by atoms with Crippen LogP contribution in [0.15, 0.2) is 30.3 Å². The van der Waals surface area contributed by atoms with Crippen LogP contribution in [0.5, 0.6) is 0 Å². The summed E-state index contributed by atoms with van der Waals surface area (Å²) in [6.45, 7) is 14.3. The average molecular weight is 250 g/mol. The summed E-state index contributed by atoms with van der Waals surface area (Å²) >= 11 is 0. The number of rotatable bonds is 3. The third kappa shape index (κ3) is 9.00. The van der Waals surface area contributed by atoms with Crippen LogP contribution in [0.3, 0.4) is 0 Å². The van der Waals surface area contributed by atoms with E-state index >= 15 is 0 Å². The fraction of sp³-hybridized carbons (Fsp3) is 0.529. The molecule has 104 valence electrons. The number of hydrogen-bond acceptors (Lipinski definition) is 1. The van der Waals surface area contributed by atoms with Gasteiger partial charge in [-0.15, -0.1) is 0 Å². The standard InChI is InChI=1S/C13H18O.2C2H6/c1-11-5-4-6-12(9-11)7-8-13(2,3)10-14;2*1-2/h4-9,14H,10H2,1-3H3;2*1-2H3/b8-7+;;. The number of aliphatic hydroxyl groups excluding tert-OH is 1. The van der Waals surface area contributed by atoms with Crippen LogP contribution in [0.25, 0.3) is 6.08 Å². The highest BCUT2D eigenvalue weighted by Gasteiger charge is 2.10. The molecule has 0 bridgehead atoms. The summed E-state index contributed by atoms with van der Waals surface area (Å²) in [7, 11) is 0. The highest BCUT2D eigenvalue weighted by Crippen LogP contribution is 2.17.